The molecule has 3 rings (SSSR count). The fourth-order valence-electron chi connectivity index (χ4n) is 1.86. The van der Waals surface area contributed by atoms with Crippen molar-refractivity contribution in [3.63, 3.8) is 0 Å². The normalized spacial score (nSPS) is 14.9. The Bertz CT molecular complexity index is 517. The third-order valence-corrected chi connectivity index (χ3v) is 4.10. The Kier molecular flexibility index (Phi) is 3.39. The molecule has 0 bridgehead atoms. The second kappa shape index (κ2) is 5.16. The lowest BCUT2D eigenvalue weighted by Crippen LogP contribution is -2.12. The van der Waals surface area contributed by atoms with E-state index in [1.807, 2.05) is 0 Å². The monoisotopic (exact) mass is 262 g/mol. The van der Waals surface area contributed by atoms with Crippen LogP contribution in [-0.4, -0.2) is 4.98 Å². The molecule has 1 fully saturated rings. The van der Waals surface area contributed by atoms with E-state index in [2.05, 4.69) is 15.7 Å². The largest absolute Gasteiger partial charge is 0.307 e. The van der Waals surface area contributed by atoms with E-state index >= 15 is 0 Å². The number of aromatic nitrogens is 1. The smallest absolute Gasteiger partial charge is 0.123 e. The molecule has 1 aromatic heterocycles. The molecule has 1 heterocycles. The van der Waals surface area contributed by atoms with Gasteiger partial charge in [0.05, 0.1) is 10.7 Å². The van der Waals surface area contributed by atoms with Crippen LogP contribution in [0.2, 0.25) is 0 Å². The van der Waals surface area contributed by atoms with E-state index in [9.17, 15) is 4.39 Å². The second-order valence-corrected chi connectivity index (χ2v) is 5.57. The van der Waals surface area contributed by atoms with Gasteiger partial charge in [0, 0.05) is 24.4 Å². The third-order valence-electron chi connectivity index (χ3n) is 3.04. The van der Waals surface area contributed by atoms with E-state index in [0.29, 0.717) is 0 Å². The molecule has 18 heavy (non-hydrogen) atoms. The van der Waals surface area contributed by atoms with Crippen LogP contribution >= 0.6 is 11.3 Å². The molecule has 1 aromatic carbocycles. The van der Waals surface area contributed by atoms with E-state index in [-0.39, 0.29) is 5.82 Å². The first-order valence-electron chi connectivity index (χ1n) is 6.21. The molecule has 1 aliphatic carbocycles. The average molecular weight is 262 g/mol. The van der Waals surface area contributed by atoms with Gasteiger partial charge in [0.15, 0.2) is 0 Å². The fourth-order valence-corrected chi connectivity index (χ4v) is 2.85. The van der Waals surface area contributed by atoms with E-state index < -0.39 is 0 Å². The van der Waals surface area contributed by atoms with Crippen LogP contribution in [-0.2, 0) is 13.1 Å². The summed E-state index contributed by atoms with van der Waals surface area (Å²) in [7, 11) is 0. The van der Waals surface area contributed by atoms with Gasteiger partial charge in [-0.2, -0.15) is 0 Å². The highest BCUT2D eigenvalue weighted by molar-refractivity contribution is 7.09. The van der Waals surface area contributed by atoms with Crippen molar-refractivity contribution in [1.29, 1.82) is 0 Å². The van der Waals surface area contributed by atoms with Crippen molar-refractivity contribution in [2.45, 2.75) is 31.8 Å². The fraction of sp³-hybridized carbons (Fsp3) is 0.357. The Hall–Kier alpha value is -1.26. The quantitative estimate of drug-likeness (QED) is 0.892. The van der Waals surface area contributed by atoms with E-state index in [1.54, 1.807) is 23.5 Å². The Labute approximate surface area is 110 Å². The molecule has 0 radical (unpaired) electrons. The standard InChI is InChI=1S/C14H15FN2S/c15-12-5-1-10(2-6-12)7-16-8-13-9-18-14(17-13)11-3-4-11/h1-2,5-6,9,11,16H,3-4,7-8H2. The van der Waals surface area contributed by atoms with Crippen LogP contribution < -0.4 is 5.32 Å². The zero-order valence-corrected chi connectivity index (χ0v) is 10.8. The first-order valence-corrected chi connectivity index (χ1v) is 7.09. The molecule has 4 heteroatoms. The summed E-state index contributed by atoms with van der Waals surface area (Å²) in [6, 6.07) is 6.59. The maximum Gasteiger partial charge on any atom is 0.123 e. The number of rotatable bonds is 5. The van der Waals surface area contributed by atoms with Gasteiger partial charge in [0.25, 0.3) is 0 Å². The van der Waals surface area contributed by atoms with Crippen molar-refractivity contribution in [3.8, 4) is 0 Å². The van der Waals surface area contributed by atoms with Crippen molar-refractivity contribution >= 4 is 11.3 Å². The molecular weight excluding hydrogens is 247 g/mol. The highest BCUT2D eigenvalue weighted by Gasteiger charge is 2.26. The lowest BCUT2D eigenvalue weighted by Gasteiger charge is -2.02. The van der Waals surface area contributed by atoms with Crippen LogP contribution in [0.15, 0.2) is 29.6 Å². The van der Waals surface area contributed by atoms with Gasteiger partial charge in [-0.1, -0.05) is 12.1 Å². The molecule has 2 nitrogen and oxygen atoms in total. The van der Waals surface area contributed by atoms with Gasteiger partial charge < -0.3 is 5.32 Å². The zero-order chi connectivity index (χ0) is 12.4. The van der Waals surface area contributed by atoms with Crippen molar-refractivity contribution in [3.05, 3.63) is 51.7 Å². The predicted molar refractivity (Wildman–Crippen MR) is 71.0 cm³/mol. The van der Waals surface area contributed by atoms with Gasteiger partial charge in [0.2, 0.25) is 0 Å². The van der Waals surface area contributed by atoms with Crippen molar-refractivity contribution in [2.24, 2.45) is 0 Å². The van der Waals surface area contributed by atoms with E-state index in [4.69, 9.17) is 0 Å². The van der Waals surface area contributed by atoms with Crippen molar-refractivity contribution < 1.29 is 4.39 Å². The molecular formula is C14H15FN2S. The summed E-state index contributed by atoms with van der Waals surface area (Å²) in [5.74, 6) is 0.549. The van der Waals surface area contributed by atoms with Crippen LogP contribution in [0.5, 0.6) is 0 Å². The average Bonchev–Trinajstić information content (AvgIpc) is 3.12. The van der Waals surface area contributed by atoms with Gasteiger partial charge >= 0.3 is 0 Å². The SMILES string of the molecule is Fc1ccc(CNCc2csc(C3CC3)n2)cc1. The Morgan fingerprint density at radius 3 is 2.72 bits per heavy atom. The summed E-state index contributed by atoms with van der Waals surface area (Å²) in [5.41, 5.74) is 2.21. The van der Waals surface area contributed by atoms with Gasteiger partial charge in [0.1, 0.15) is 5.82 Å². The van der Waals surface area contributed by atoms with Crippen molar-refractivity contribution in [1.82, 2.24) is 10.3 Å². The Balaban J connectivity index is 1.49. The number of nitrogens with zero attached hydrogens (tertiary/aromatic N) is 1. The molecule has 0 atom stereocenters. The summed E-state index contributed by atoms with van der Waals surface area (Å²) in [4.78, 5) is 4.61. The maximum atomic E-state index is 12.7. The summed E-state index contributed by atoms with van der Waals surface area (Å²) in [6.07, 6.45) is 2.60. The predicted octanol–water partition coefficient (Wildman–Crippen LogP) is 3.45. The van der Waals surface area contributed by atoms with Crippen molar-refractivity contribution in [2.75, 3.05) is 0 Å². The summed E-state index contributed by atoms with van der Waals surface area (Å²) in [6.45, 7) is 1.52. The third kappa shape index (κ3) is 2.94. The zero-order valence-electron chi connectivity index (χ0n) is 10.0. The summed E-state index contributed by atoms with van der Waals surface area (Å²) < 4.78 is 12.7. The highest BCUT2D eigenvalue weighted by Crippen LogP contribution is 2.41. The number of hydrogen-bond donors (Lipinski definition) is 1. The van der Waals surface area contributed by atoms with E-state index in [0.717, 1.165) is 30.3 Å². The first-order chi connectivity index (χ1) is 8.81. The van der Waals surface area contributed by atoms with Crippen LogP contribution in [0.25, 0.3) is 0 Å². The molecule has 1 saturated carbocycles. The molecule has 0 spiro atoms. The lowest BCUT2D eigenvalue weighted by atomic mass is 10.2. The molecule has 2 aromatic rings. The van der Waals surface area contributed by atoms with Gasteiger partial charge in [-0.15, -0.1) is 11.3 Å². The minimum Gasteiger partial charge on any atom is -0.307 e. The summed E-state index contributed by atoms with van der Waals surface area (Å²) >= 11 is 1.77. The molecule has 0 aliphatic heterocycles. The minimum atomic E-state index is -0.188. The topological polar surface area (TPSA) is 24.9 Å². The molecule has 94 valence electrons. The van der Waals surface area contributed by atoms with Gasteiger partial charge in [-0.05, 0) is 30.5 Å². The van der Waals surface area contributed by atoms with Gasteiger partial charge in [-0.25, -0.2) is 9.37 Å². The van der Waals surface area contributed by atoms with Gasteiger partial charge in [-0.3, -0.25) is 0 Å². The first kappa shape index (κ1) is 11.8. The number of halogens is 1. The number of nitrogens with one attached hydrogen (secondary N) is 1. The molecule has 0 amide bonds. The Morgan fingerprint density at radius 1 is 1.22 bits per heavy atom. The Morgan fingerprint density at radius 2 is 2.00 bits per heavy atom. The van der Waals surface area contributed by atoms with Crippen LogP contribution in [0, 0.1) is 5.82 Å². The highest BCUT2D eigenvalue weighted by atomic mass is 32.1. The lowest BCUT2D eigenvalue weighted by molar-refractivity contribution is 0.624. The van der Waals surface area contributed by atoms with Crippen LogP contribution in [0.3, 0.4) is 0 Å². The van der Waals surface area contributed by atoms with Crippen LogP contribution in [0.4, 0.5) is 4.39 Å². The van der Waals surface area contributed by atoms with Crippen LogP contribution in [0.1, 0.15) is 35.0 Å². The molecule has 0 saturated heterocycles. The van der Waals surface area contributed by atoms with E-state index in [1.165, 1.54) is 30.0 Å². The molecule has 0 unspecified atom stereocenters. The second-order valence-electron chi connectivity index (χ2n) is 4.68. The number of hydrogen-bond acceptors (Lipinski definition) is 3. The number of thiazole rings is 1. The number of benzene rings is 1. The molecule has 1 N–H and O–H groups in total. The molecule has 1 aliphatic rings. The maximum absolute atomic E-state index is 12.7. The minimum absolute atomic E-state index is 0.188. The summed E-state index contributed by atoms with van der Waals surface area (Å²) in [5, 5.41) is 6.75.